The number of aryl methyl sites for hydroxylation is 1. The Balaban J connectivity index is 0.00000288. The minimum Gasteiger partial charge on any atom is -0.357 e. The molecule has 1 saturated heterocycles. The molecule has 1 aromatic rings. The van der Waals surface area contributed by atoms with Crippen molar-refractivity contribution in [2.24, 2.45) is 4.99 Å². The molecule has 0 aliphatic carbocycles. The number of hydrogen-bond donors (Lipinski definition) is 2. The standard InChI is InChI=1S/C17H28N4OS.HI/c1-3-14-8-9-15(23-14)13-20-17(18-4-2)19-10-6-12-21-11-5-7-16(21)22;/h8-9H,3-7,10-13H2,1-2H3,(H2,18,19,20);1H. The molecule has 1 aliphatic rings. The van der Waals surface area contributed by atoms with E-state index in [9.17, 15) is 4.79 Å². The number of guanidine groups is 1. The van der Waals surface area contributed by atoms with E-state index >= 15 is 0 Å². The van der Waals surface area contributed by atoms with Crippen molar-refractivity contribution >= 4 is 47.2 Å². The first-order valence-corrected chi connectivity index (χ1v) is 9.42. The number of likely N-dealkylation sites (tertiary alicyclic amines) is 1. The summed E-state index contributed by atoms with van der Waals surface area (Å²) in [6.45, 7) is 8.41. The number of hydrogen-bond acceptors (Lipinski definition) is 3. The Morgan fingerprint density at radius 3 is 2.71 bits per heavy atom. The molecular weight excluding hydrogens is 435 g/mol. The topological polar surface area (TPSA) is 56.7 Å². The van der Waals surface area contributed by atoms with E-state index in [1.807, 2.05) is 16.2 Å². The Labute approximate surface area is 166 Å². The molecule has 0 aromatic carbocycles. The van der Waals surface area contributed by atoms with Crippen molar-refractivity contribution < 1.29 is 4.79 Å². The van der Waals surface area contributed by atoms with Crippen molar-refractivity contribution in [1.82, 2.24) is 15.5 Å². The fraction of sp³-hybridized carbons (Fsp3) is 0.647. The molecule has 1 aromatic heterocycles. The van der Waals surface area contributed by atoms with Gasteiger partial charge in [-0.3, -0.25) is 4.79 Å². The van der Waals surface area contributed by atoms with Crippen molar-refractivity contribution in [3.8, 4) is 0 Å². The van der Waals surface area contributed by atoms with E-state index < -0.39 is 0 Å². The Bertz CT molecular complexity index is 532. The third kappa shape index (κ3) is 6.96. The summed E-state index contributed by atoms with van der Waals surface area (Å²) in [5, 5.41) is 6.63. The Morgan fingerprint density at radius 1 is 1.29 bits per heavy atom. The lowest BCUT2D eigenvalue weighted by molar-refractivity contribution is -0.127. The van der Waals surface area contributed by atoms with Gasteiger partial charge in [-0.1, -0.05) is 6.92 Å². The highest BCUT2D eigenvalue weighted by Gasteiger charge is 2.18. The minimum absolute atomic E-state index is 0. The smallest absolute Gasteiger partial charge is 0.222 e. The molecule has 1 aliphatic heterocycles. The first-order chi connectivity index (χ1) is 11.2. The molecule has 2 heterocycles. The fourth-order valence-corrected chi connectivity index (χ4v) is 3.50. The average Bonchev–Trinajstić information content (AvgIpc) is 3.18. The van der Waals surface area contributed by atoms with Crippen LogP contribution in [0.3, 0.4) is 0 Å². The van der Waals surface area contributed by atoms with Crippen LogP contribution in [0.25, 0.3) is 0 Å². The lowest BCUT2D eigenvalue weighted by Gasteiger charge is -2.16. The zero-order valence-electron chi connectivity index (χ0n) is 14.6. The monoisotopic (exact) mass is 464 g/mol. The average molecular weight is 464 g/mol. The van der Waals surface area contributed by atoms with Gasteiger partial charge < -0.3 is 15.5 Å². The number of halogens is 1. The summed E-state index contributed by atoms with van der Waals surface area (Å²) in [7, 11) is 0. The molecular formula is C17H29IN4OS. The Hall–Kier alpha value is -0.830. The van der Waals surface area contributed by atoms with Gasteiger partial charge in [0, 0.05) is 42.4 Å². The van der Waals surface area contributed by atoms with Crippen LogP contribution in [-0.4, -0.2) is 42.9 Å². The summed E-state index contributed by atoms with van der Waals surface area (Å²) in [5.74, 6) is 1.15. The zero-order valence-corrected chi connectivity index (χ0v) is 17.8. The van der Waals surface area contributed by atoms with Gasteiger partial charge >= 0.3 is 0 Å². The maximum Gasteiger partial charge on any atom is 0.222 e. The van der Waals surface area contributed by atoms with Crippen LogP contribution >= 0.6 is 35.3 Å². The molecule has 136 valence electrons. The maximum atomic E-state index is 11.6. The summed E-state index contributed by atoms with van der Waals surface area (Å²) in [6.07, 6.45) is 3.77. The van der Waals surface area contributed by atoms with Crippen molar-refractivity contribution in [2.45, 2.75) is 46.1 Å². The van der Waals surface area contributed by atoms with Crippen LogP contribution in [0.2, 0.25) is 0 Å². The van der Waals surface area contributed by atoms with Gasteiger partial charge in [-0.15, -0.1) is 35.3 Å². The van der Waals surface area contributed by atoms with Crippen LogP contribution in [0, 0.1) is 0 Å². The van der Waals surface area contributed by atoms with Crippen molar-refractivity contribution in [2.75, 3.05) is 26.2 Å². The van der Waals surface area contributed by atoms with Crippen LogP contribution < -0.4 is 10.6 Å². The van der Waals surface area contributed by atoms with E-state index in [-0.39, 0.29) is 24.0 Å². The van der Waals surface area contributed by atoms with E-state index in [0.29, 0.717) is 12.5 Å². The Kier molecular flexibility index (Phi) is 10.3. The first kappa shape index (κ1) is 21.2. The van der Waals surface area contributed by atoms with Crippen molar-refractivity contribution in [3.63, 3.8) is 0 Å². The van der Waals surface area contributed by atoms with Gasteiger partial charge in [0.1, 0.15) is 0 Å². The summed E-state index contributed by atoms with van der Waals surface area (Å²) < 4.78 is 0. The second-order valence-corrected chi connectivity index (χ2v) is 6.93. The number of carbonyl (C=O) groups excluding carboxylic acids is 1. The highest BCUT2D eigenvalue weighted by molar-refractivity contribution is 14.0. The van der Waals surface area contributed by atoms with Crippen LogP contribution in [-0.2, 0) is 17.8 Å². The molecule has 0 radical (unpaired) electrons. The highest BCUT2D eigenvalue weighted by Crippen LogP contribution is 2.17. The van der Waals surface area contributed by atoms with Crippen LogP contribution in [0.5, 0.6) is 0 Å². The van der Waals surface area contributed by atoms with E-state index in [1.165, 1.54) is 9.75 Å². The van der Waals surface area contributed by atoms with E-state index in [0.717, 1.165) is 57.8 Å². The third-order valence-corrected chi connectivity index (χ3v) is 5.09. The molecule has 7 heteroatoms. The van der Waals surface area contributed by atoms with Gasteiger partial charge in [0.05, 0.1) is 6.54 Å². The Morgan fingerprint density at radius 2 is 2.08 bits per heavy atom. The minimum atomic E-state index is 0. The van der Waals surface area contributed by atoms with Crippen molar-refractivity contribution in [3.05, 3.63) is 21.9 Å². The maximum absolute atomic E-state index is 11.6. The number of rotatable bonds is 8. The molecule has 0 atom stereocenters. The van der Waals surface area contributed by atoms with E-state index in [4.69, 9.17) is 0 Å². The largest absolute Gasteiger partial charge is 0.357 e. The predicted molar refractivity (Wildman–Crippen MR) is 112 cm³/mol. The van der Waals surface area contributed by atoms with Gasteiger partial charge in [-0.05, 0) is 38.3 Å². The molecule has 24 heavy (non-hydrogen) atoms. The number of nitrogens with zero attached hydrogens (tertiary/aromatic N) is 2. The molecule has 2 rings (SSSR count). The van der Waals surface area contributed by atoms with Crippen LogP contribution in [0.1, 0.15) is 42.9 Å². The first-order valence-electron chi connectivity index (χ1n) is 8.60. The van der Waals surface area contributed by atoms with Crippen LogP contribution in [0.4, 0.5) is 0 Å². The molecule has 0 bridgehead atoms. The predicted octanol–water partition coefficient (Wildman–Crippen LogP) is 3.00. The number of aliphatic imine (C=N–C) groups is 1. The SMILES string of the molecule is CCNC(=NCc1ccc(CC)s1)NCCCN1CCCC1=O.I. The molecule has 1 amide bonds. The summed E-state index contributed by atoms with van der Waals surface area (Å²) in [4.78, 5) is 20.9. The highest BCUT2D eigenvalue weighted by atomic mass is 127. The van der Waals surface area contributed by atoms with Gasteiger partial charge in [-0.2, -0.15) is 0 Å². The summed E-state index contributed by atoms with van der Waals surface area (Å²) in [6, 6.07) is 4.35. The van der Waals surface area contributed by atoms with Gasteiger partial charge in [0.15, 0.2) is 5.96 Å². The molecule has 0 unspecified atom stereocenters. The second-order valence-electron chi connectivity index (χ2n) is 5.68. The quantitative estimate of drug-likeness (QED) is 0.269. The van der Waals surface area contributed by atoms with E-state index in [2.05, 4.69) is 41.6 Å². The molecule has 2 N–H and O–H groups in total. The van der Waals surface area contributed by atoms with Gasteiger partial charge in [-0.25, -0.2) is 4.99 Å². The van der Waals surface area contributed by atoms with Crippen LogP contribution in [0.15, 0.2) is 17.1 Å². The summed E-state index contributed by atoms with van der Waals surface area (Å²) in [5.41, 5.74) is 0. The number of nitrogens with one attached hydrogen (secondary N) is 2. The molecule has 5 nitrogen and oxygen atoms in total. The molecule has 1 fully saturated rings. The summed E-state index contributed by atoms with van der Waals surface area (Å²) >= 11 is 1.83. The number of thiophene rings is 1. The molecule has 0 saturated carbocycles. The fourth-order valence-electron chi connectivity index (χ4n) is 2.61. The molecule has 0 spiro atoms. The zero-order chi connectivity index (χ0) is 16.5. The third-order valence-electron chi connectivity index (χ3n) is 3.87. The lowest BCUT2D eigenvalue weighted by Crippen LogP contribution is -2.38. The van der Waals surface area contributed by atoms with Crippen molar-refractivity contribution in [1.29, 1.82) is 0 Å². The number of amides is 1. The van der Waals surface area contributed by atoms with Gasteiger partial charge in [0.25, 0.3) is 0 Å². The van der Waals surface area contributed by atoms with Gasteiger partial charge in [0.2, 0.25) is 5.91 Å². The second kappa shape index (κ2) is 11.7. The normalized spacial score (nSPS) is 14.7. The lowest BCUT2D eigenvalue weighted by atomic mass is 10.3. The van der Waals surface area contributed by atoms with E-state index in [1.54, 1.807) is 0 Å². The number of carbonyl (C=O) groups is 1.